The summed E-state index contributed by atoms with van der Waals surface area (Å²) in [4.78, 5) is 0. The van der Waals surface area contributed by atoms with Crippen LogP contribution in [0.2, 0.25) is 0 Å². The SMILES string of the molecule is CC/C=C/COc1ccccc1I. The molecule has 70 valence electrons. The maximum atomic E-state index is 5.54. The molecule has 0 spiro atoms. The zero-order valence-electron chi connectivity index (χ0n) is 7.66. The zero-order valence-corrected chi connectivity index (χ0v) is 9.82. The summed E-state index contributed by atoms with van der Waals surface area (Å²) in [6.45, 7) is 2.77. The van der Waals surface area contributed by atoms with Gasteiger partial charge in [0.2, 0.25) is 0 Å². The first-order chi connectivity index (χ1) is 6.34. The Morgan fingerprint density at radius 3 is 2.77 bits per heavy atom. The normalized spacial score (nSPS) is 10.6. The Bertz CT molecular complexity index is 281. The molecular weight excluding hydrogens is 275 g/mol. The molecule has 0 amide bonds. The van der Waals surface area contributed by atoms with Crippen LogP contribution in [0.3, 0.4) is 0 Å². The molecule has 0 saturated carbocycles. The third kappa shape index (κ3) is 3.81. The molecule has 1 nitrogen and oxygen atoms in total. The highest BCUT2D eigenvalue weighted by Crippen LogP contribution is 2.19. The Morgan fingerprint density at radius 2 is 2.08 bits per heavy atom. The number of rotatable bonds is 4. The summed E-state index contributed by atoms with van der Waals surface area (Å²) in [6, 6.07) is 8.03. The Morgan fingerprint density at radius 1 is 1.31 bits per heavy atom. The quantitative estimate of drug-likeness (QED) is 0.607. The Labute approximate surface area is 92.9 Å². The van der Waals surface area contributed by atoms with E-state index in [0.29, 0.717) is 6.61 Å². The second-order valence-electron chi connectivity index (χ2n) is 2.62. The predicted molar refractivity (Wildman–Crippen MR) is 64.1 cm³/mol. The first-order valence-electron chi connectivity index (χ1n) is 4.37. The Hall–Kier alpha value is -0.510. The monoisotopic (exact) mass is 288 g/mol. The molecule has 0 radical (unpaired) electrons. The van der Waals surface area contributed by atoms with E-state index in [1.807, 2.05) is 30.3 Å². The van der Waals surface area contributed by atoms with Gasteiger partial charge in [-0.05, 0) is 41.1 Å². The molecule has 0 N–H and O–H groups in total. The Balaban J connectivity index is 2.45. The molecule has 0 fully saturated rings. The summed E-state index contributed by atoms with van der Waals surface area (Å²) in [5, 5.41) is 0. The van der Waals surface area contributed by atoms with Crippen molar-refractivity contribution in [3.63, 3.8) is 0 Å². The molecule has 0 heterocycles. The van der Waals surface area contributed by atoms with Crippen molar-refractivity contribution in [3.8, 4) is 5.75 Å². The molecule has 0 aromatic heterocycles. The maximum absolute atomic E-state index is 5.54. The van der Waals surface area contributed by atoms with Gasteiger partial charge < -0.3 is 4.74 Å². The molecule has 0 bridgehead atoms. The van der Waals surface area contributed by atoms with Crippen LogP contribution in [0.15, 0.2) is 36.4 Å². The molecular formula is C11H13IO. The van der Waals surface area contributed by atoms with E-state index in [0.717, 1.165) is 15.7 Å². The van der Waals surface area contributed by atoms with E-state index >= 15 is 0 Å². The van der Waals surface area contributed by atoms with Gasteiger partial charge in [0.1, 0.15) is 12.4 Å². The second kappa shape index (κ2) is 6.02. The molecule has 2 heteroatoms. The molecule has 0 aliphatic rings. The van der Waals surface area contributed by atoms with Gasteiger partial charge in [0.15, 0.2) is 0 Å². The summed E-state index contributed by atoms with van der Waals surface area (Å²) < 4.78 is 6.70. The molecule has 0 saturated heterocycles. The summed E-state index contributed by atoms with van der Waals surface area (Å²) in [6.07, 6.45) is 5.22. The number of benzene rings is 1. The van der Waals surface area contributed by atoms with E-state index in [9.17, 15) is 0 Å². The van der Waals surface area contributed by atoms with Crippen LogP contribution < -0.4 is 4.74 Å². The van der Waals surface area contributed by atoms with Gasteiger partial charge in [0.05, 0.1) is 3.57 Å². The molecule has 0 aliphatic heterocycles. The van der Waals surface area contributed by atoms with Crippen molar-refractivity contribution in [1.29, 1.82) is 0 Å². The molecule has 0 aliphatic carbocycles. The predicted octanol–water partition coefficient (Wildman–Crippen LogP) is 3.64. The molecule has 1 rings (SSSR count). The molecule has 1 aromatic rings. The van der Waals surface area contributed by atoms with Crippen LogP contribution in [0.5, 0.6) is 5.75 Å². The highest BCUT2D eigenvalue weighted by atomic mass is 127. The van der Waals surface area contributed by atoms with Gasteiger partial charge >= 0.3 is 0 Å². The molecule has 0 atom stereocenters. The summed E-state index contributed by atoms with van der Waals surface area (Å²) in [5.41, 5.74) is 0. The molecule has 0 unspecified atom stereocenters. The standard InChI is InChI=1S/C11H13IO/c1-2-3-6-9-13-11-8-5-4-7-10(11)12/h3-8H,2,9H2,1H3/b6-3+. The van der Waals surface area contributed by atoms with Crippen molar-refractivity contribution < 1.29 is 4.74 Å². The van der Waals surface area contributed by atoms with E-state index in [2.05, 4.69) is 35.6 Å². The van der Waals surface area contributed by atoms with Crippen LogP contribution in [0.1, 0.15) is 13.3 Å². The van der Waals surface area contributed by atoms with E-state index in [4.69, 9.17) is 4.74 Å². The van der Waals surface area contributed by atoms with E-state index < -0.39 is 0 Å². The van der Waals surface area contributed by atoms with Crippen LogP contribution in [-0.4, -0.2) is 6.61 Å². The minimum absolute atomic E-state index is 0.661. The van der Waals surface area contributed by atoms with Crippen molar-refractivity contribution in [2.45, 2.75) is 13.3 Å². The van der Waals surface area contributed by atoms with E-state index in [1.54, 1.807) is 0 Å². The van der Waals surface area contributed by atoms with Crippen molar-refractivity contribution >= 4 is 22.6 Å². The maximum Gasteiger partial charge on any atom is 0.133 e. The summed E-state index contributed by atoms with van der Waals surface area (Å²) in [5.74, 6) is 0.962. The lowest BCUT2D eigenvalue weighted by Crippen LogP contribution is -1.94. The van der Waals surface area contributed by atoms with Gasteiger partial charge in [0, 0.05) is 0 Å². The summed E-state index contributed by atoms with van der Waals surface area (Å²) >= 11 is 2.27. The average Bonchev–Trinajstić information content (AvgIpc) is 2.15. The Kier molecular flexibility index (Phi) is 4.90. The number of hydrogen-bond donors (Lipinski definition) is 0. The highest BCUT2D eigenvalue weighted by Gasteiger charge is 1.95. The van der Waals surface area contributed by atoms with E-state index in [-0.39, 0.29) is 0 Å². The van der Waals surface area contributed by atoms with Crippen molar-refractivity contribution in [1.82, 2.24) is 0 Å². The first kappa shape index (κ1) is 10.6. The third-order valence-corrected chi connectivity index (χ3v) is 2.47. The van der Waals surface area contributed by atoms with Gasteiger partial charge in [-0.25, -0.2) is 0 Å². The molecule has 1 aromatic carbocycles. The van der Waals surface area contributed by atoms with Gasteiger partial charge in [0.25, 0.3) is 0 Å². The summed E-state index contributed by atoms with van der Waals surface area (Å²) in [7, 11) is 0. The lowest BCUT2D eigenvalue weighted by atomic mass is 10.3. The lowest BCUT2D eigenvalue weighted by molar-refractivity contribution is 0.360. The highest BCUT2D eigenvalue weighted by molar-refractivity contribution is 14.1. The fraction of sp³-hybridized carbons (Fsp3) is 0.273. The van der Waals surface area contributed by atoms with Crippen LogP contribution >= 0.6 is 22.6 Å². The topological polar surface area (TPSA) is 9.23 Å². The van der Waals surface area contributed by atoms with Gasteiger partial charge in [-0.15, -0.1) is 0 Å². The largest absolute Gasteiger partial charge is 0.488 e. The van der Waals surface area contributed by atoms with Gasteiger partial charge in [-0.1, -0.05) is 31.2 Å². The smallest absolute Gasteiger partial charge is 0.133 e. The second-order valence-corrected chi connectivity index (χ2v) is 3.78. The third-order valence-electron chi connectivity index (χ3n) is 1.57. The number of para-hydroxylation sites is 1. The van der Waals surface area contributed by atoms with Crippen molar-refractivity contribution in [2.75, 3.05) is 6.61 Å². The van der Waals surface area contributed by atoms with Crippen LogP contribution in [0, 0.1) is 3.57 Å². The molecule has 13 heavy (non-hydrogen) atoms. The van der Waals surface area contributed by atoms with Gasteiger partial charge in [-0.3, -0.25) is 0 Å². The minimum Gasteiger partial charge on any atom is -0.488 e. The van der Waals surface area contributed by atoms with Crippen molar-refractivity contribution in [2.24, 2.45) is 0 Å². The minimum atomic E-state index is 0.661. The number of halogens is 1. The number of allylic oxidation sites excluding steroid dienone is 1. The van der Waals surface area contributed by atoms with Crippen molar-refractivity contribution in [3.05, 3.63) is 40.0 Å². The average molecular weight is 288 g/mol. The lowest BCUT2D eigenvalue weighted by Gasteiger charge is -2.04. The van der Waals surface area contributed by atoms with E-state index in [1.165, 1.54) is 0 Å². The number of ether oxygens (including phenoxy) is 1. The first-order valence-corrected chi connectivity index (χ1v) is 5.44. The van der Waals surface area contributed by atoms with Crippen LogP contribution in [0.25, 0.3) is 0 Å². The van der Waals surface area contributed by atoms with Crippen LogP contribution in [0.4, 0.5) is 0 Å². The fourth-order valence-electron chi connectivity index (χ4n) is 0.934. The number of hydrogen-bond acceptors (Lipinski definition) is 1. The fourth-order valence-corrected chi connectivity index (χ4v) is 1.48. The van der Waals surface area contributed by atoms with Crippen LogP contribution in [-0.2, 0) is 0 Å². The van der Waals surface area contributed by atoms with Gasteiger partial charge in [-0.2, -0.15) is 0 Å². The zero-order chi connectivity index (χ0) is 9.52.